The highest BCUT2D eigenvalue weighted by atomic mass is 19.4. The highest BCUT2D eigenvalue weighted by Crippen LogP contribution is 2.47. The van der Waals surface area contributed by atoms with Crippen LogP contribution in [0.25, 0.3) is 0 Å². The molecule has 1 spiro atoms. The third-order valence-corrected chi connectivity index (χ3v) is 7.62. The molecule has 0 aromatic heterocycles. The van der Waals surface area contributed by atoms with Crippen molar-refractivity contribution in [3.63, 3.8) is 0 Å². The third-order valence-electron chi connectivity index (χ3n) is 7.62. The molecule has 2 aromatic rings. The molecule has 8 heteroatoms. The molecule has 3 fully saturated rings. The largest absolute Gasteiger partial charge is 0.486 e. The number of esters is 1. The maximum absolute atomic E-state index is 13.1. The lowest BCUT2D eigenvalue weighted by molar-refractivity contribution is -0.154. The Hall–Kier alpha value is -3.05. The number of ether oxygens (including phenoxy) is 2. The van der Waals surface area contributed by atoms with Crippen molar-refractivity contribution in [2.24, 2.45) is 0 Å². The molecule has 3 aliphatic rings. The molecule has 0 saturated carbocycles. The highest BCUT2D eigenvalue weighted by Gasteiger charge is 2.52. The Morgan fingerprint density at radius 2 is 1.74 bits per heavy atom. The van der Waals surface area contributed by atoms with Crippen LogP contribution in [0, 0.1) is 11.3 Å². The number of rotatable bonds is 6. The van der Waals surface area contributed by atoms with Gasteiger partial charge in [-0.3, -0.25) is 9.69 Å². The number of hydrogen-bond acceptors (Lipinski definition) is 5. The fraction of sp³-hybridized carbons (Fsp3) is 0.481. The molecule has 3 heterocycles. The standard InChI is InChI=1S/C27H27F3N2O3/c28-27(29,30)20-5-3-19(4-6-20)24(34-23-9-1-18(17-31)2-10-23)12-14-32-21-7-8-22(32)16-26(15-21)13-11-25(33)35-26/h1-6,9-10,21-22,24H,7-8,11-16H2. The molecule has 2 aromatic carbocycles. The molecule has 3 saturated heterocycles. The molecule has 0 N–H and O–H groups in total. The fourth-order valence-electron chi connectivity index (χ4n) is 5.94. The van der Waals surface area contributed by atoms with Crippen LogP contribution in [0.15, 0.2) is 48.5 Å². The molecule has 5 nitrogen and oxygen atoms in total. The minimum absolute atomic E-state index is 0.101. The summed E-state index contributed by atoms with van der Waals surface area (Å²) < 4.78 is 51.2. The van der Waals surface area contributed by atoms with Gasteiger partial charge in [0.15, 0.2) is 0 Å². The second kappa shape index (κ2) is 9.19. The van der Waals surface area contributed by atoms with Gasteiger partial charge in [-0.15, -0.1) is 0 Å². The quantitative estimate of drug-likeness (QED) is 0.486. The summed E-state index contributed by atoms with van der Waals surface area (Å²) in [6, 6.07) is 14.6. The van der Waals surface area contributed by atoms with Gasteiger partial charge in [0.25, 0.3) is 0 Å². The first kappa shape index (κ1) is 23.7. The van der Waals surface area contributed by atoms with Gasteiger partial charge in [-0.25, -0.2) is 0 Å². The first-order valence-corrected chi connectivity index (χ1v) is 12.1. The molecule has 0 radical (unpaired) electrons. The van der Waals surface area contributed by atoms with E-state index in [4.69, 9.17) is 14.7 Å². The average molecular weight is 485 g/mol. The lowest BCUT2D eigenvalue weighted by Gasteiger charge is -2.44. The summed E-state index contributed by atoms with van der Waals surface area (Å²) >= 11 is 0. The van der Waals surface area contributed by atoms with Crippen LogP contribution in [-0.2, 0) is 15.7 Å². The zero-order chi connectivity index (χ0) is 24.6. The van der Waals surface area contributed by atoms with Gasteiger partial charge in [0.2, 0.25) is 0 Å². The van der Waals surface area contributed by atoms with Crippen molar-refractivity contribution >= 4 is 5.97 Å². The third kappa shape index (κ3) is 5.01. The fourth-order valence-corrected chi connectivity index (χ4v) is 5.94. The van der Waals surface area contributed by atoms with Crippen LogP contribution in [0.4, 0.5) is 13.2 Å². The number of piperidine rings is 1. The number of halogens is 3. The van der Waals surface area contributed by atoms with Gasteiger partial charge < -0.3 is 9.47 Å². The Labute approximate surface area is 202 Å². The number of benzene rings is 2. The van der Waals surface area contributed by atoms with E-state index in [1.165, 1.54) is 12.1 Å². The monoisotopic (exact) mass is 484 g/mol. The minimum Gasteiger partial charge on any atom is -0.486 e. The van der Waals surface area contributed by atoms with Gasteiger partial charge in [-0.1, -0.05) is 12.1 Å². The van der Waals surface area contributed by atoms with E-state index in [2.05, 4.69) is 11.0 Å². The first-order valence-electron chi connectivity index (χ1n) is 12.1. The summed E-state index contributed by atoms with van der Waals surface area (Å²) in [5.41, 5.74) is 0.178. The summed E-state index contributed by atoms with van der Waals surface area (Å²) in [6.45, 7) is 0.737. The summed E-state index contributed by atoms with van der Waals surface area (Å²) in [5, 5.41) is 9.04. The summed E-state index contributed by atoms with van der Waals surface area (Å²) in [6.07, 6.45) is 0.866. The zero-order valence-corrected chi connectivity index (χ0v) is 19.3. The van der Waals surface area contributed by atoms with Crippen molar-refractivity contribution < 1.29 is 27.4 Å². The maximum atomic E-state index is 13.1. The number of alkyl halides is 3. The molecule has 3 atom stereocenters. The van der Waals surface area contributed by atoms with Crippen LogP contribution in [0.5, 0.6) is 5.75 Å². The lowest BCUT2D eigenvalue weighted by Crippen LogP contribution is -2.51. The summed E-state index contributed by atoms with van der Waals surface area (Å²) in [7, 11) is 0. The van der Waals surface area contributed by atoms with Crippen LogP contribution in [0.1, 0.15) is 67.7 Å². The number of nitrogens with zero attached hydrogens (tertiary/aromatic N) is 2. The second-order valence-corrected chi connectivity index (χ2v) is 9.84. The normalized spacial score (nSPS) is 27.0. The maximum Gasteiger partial charge on any atom is 0.416 e. The zero-order valence-electron chi connectivity index (χ0n) is 19.3. The van der Waals surface area contributed by atoms with Gasteiger partial charge >= 0.3 is 12.1 Å². The number of carbonyl (C=O) groups is 1. The van der Waals surface area contributed by atoms with Crippen LogP contribution in [0.2, 0.25) is 0 Å². The Balaban J connectivity index is 1.31. The van der Waals surface area contributed by atoms with Crippen molar-refractivity contribution in [2.75, 3.05) is 6.54 Å². The predicted octanol–water partition coefficient (Wildman–Crippen LogP) is 5.79. The van der Waals surface area contributed by atoms with Crippen molar-refractivity contribution in [1.29, 1.82) is 5.26 Å². The molecule has 3 aliphatic heterocycles. The molecule has 2 bridgehead atoms. The number of carbonyl (C=O) groups excluding carboxylic acids is 1. The highest BCUT2D eigenvalue weighted by molar-refractivity contribution is 5.72. The lowest BCUT2D eigenvalue weighted by atomic mass is 9.83. The predicted molar refractivity (Wildman–Crippen MR) is 121 cm³/mol. The van der Waals surface area contributed by atoms with Crippen LogP contribution in [-0.4, -0.2) is 35.1 Å². The Morgan fingerprint density at radius 3 is 2.29 bits per heavy atom. The summed E-state index contributed by atoms with van der Waals surface area (Å²) in [4.78, 5) is 14.2. The van der Waals surface area contributed by atoms with Gasteiger partial charge in [0.05, 0.1) is 17.2 Å². The average Bonchev–Trinajstić information content (AvgIpc) is 3.32. The summed E-state index contributed by atoms with van der Waals surface area (Å²) in [5.74, 6) is 0.461. The topological polar surface area (TPSA) is 62.6 Å². The van der Waals surface area contributed by atoms with E-state index >= 15 is 0 Å². The van der Waals surface area contributed by atoms with Gasteiger partial charge in [-0.2, -0.15) is 18.4 Å². The molecule has 35 heavy (non-hydrogen) atoms. The van der Waals surface area contributed by atoms with Crippen molar-refractivity contribution in [2.45, 2.75) is 74.9 Å². The molecule has 0 amide bonds. The van der Waals surface area contributed by atoms with Crippen molar-refractivity contribution in [3.05, 3.63) is 65.2 Å². The molecule has 184 valence electrons. The van der Waals surface area contributed by atoms with E-state index < -0.39 is 17.8 Å². The number of hydrogen-bond donors (Lipinski definition) is 0. The molecular formula is C27H27F3N2O3. The Bertz CT molecular complexity index is 1090. The Morgan fingerprint density at radius 1 is 1.09 bits per heavy atom. The SMILES string of the molecule is N#Cc1ccc(OC(CCN2C3CCC2CC2(CCC(=O)O2)C3)c2ccc(C(F)(F)F)cc2)cc1. The van der Waals surface area contributed by atoms with Gasteiger partial charge in [-0.05, 0) is 61.2 Å². The van der Waals surface area contributed by atoms with Gasteiger partial charge in [0.1, 0.15) is 17.5 Å². The van der Waals surface area contributed by atoms with E-state index in [0.717, 1.165) is 50.8 Å². The molecule has 5 rings (SSSR count). The van der Waals surface area contributed by atoms with Crippen LogP contribution < -0.4 is 4.74 Å². The van der Waals surface area contributed by atoms with Crippen molar-refractivity contribution in [3.8, 4) is 11.8 Å². The second-order valence-electron chi connectivity index (χ2n) is 9.84. The van der Waals surface area contributed by atoms with Crippen LogP contribution in [0.3, 0.4) is 0 Å². The minimum atomic E-state index is -4.39. The number of nitriles is 1. The molecule has 3 unspecified atom stereocenters. The van der Waals surface area contributed by atoms with E-state index in [9.17, 15) is 18.0 Å². The van der Waals surface area contributed by atoms with E-state index in [-0.39, 0.29) is 11.6 Å². The van der Waals surface area contributed by atoms with E-state index in [1.54, 1.807) is 24.3 Å². The smallest absolute Gasteiger partial charge is 0.416 e. The molecular weight excluding hydrogens is 457 g/mol. The molecule has 0 aliphatic carbocycles. The van der Waals surface area contributed by atoms with E-state index in [0.29, 0.717) is 41.8 Å². The Kier molecular flexibility index (Phi) is 6.22. The van der Waals surface area contributed by atoms with Crippen LogP contribution >= 0.6 is 0 Å². The first-order chi connectivity index (χ1) is 16.7. The van der Waals surface area contributed by atoms with Gasteiger partial charge in [0, 0.05) is 44.3 Å². The van der Waals surface area contributed by atoms with Crippen molar-refractivity contribution in [1.82, 2.24) is 4.90 Å². The number of fused-ring (bicyclic) bond motifs is 2. The van der Waals surface area contributed by atoms with E-state index in [1.807, 2.05) is 0 Å².